The van der Waals surface area contributed by atoms with E-state index in [4.69, 9.17) is 5.73 Å². The number of hydrogen-bond donors (Lipinski definition) is 1. The number of nitrogens with zero attached hydrogens (tertiary/aromatic N) is 2. The van der Waals surface area contributed by atoms with Crippen LogP contribution in [-0.4, -0.2) is 27.9 Å². The van der Waals surface area contributed by atoms with Crippen LogP contribution in [0.15, 0.2) is 18.3 Å². The summed E-state index contributed by atoms with van der Waals surface area (Å²) < 4.78 is 0. The largest absolute Gasteiger partial charge is 0.397 e. The van der Waals surface area contributed by atoms with Gasteiger partial charge in [0.25, 0.3) is 5.91 Å². The van der Waals surface area contributed by atoms with Crippen LogP contribution in [0.1, 0.15) is 43.6 Å². The average molecular weight is 233 g/mol. The monoisotopic (exact) mass is 233 g/mol. The minimum atomic E-state index is 0.0182. The lowest BCUT2D eigenvalue weighted by atomic mass is 9.97. The first-order valence-electron chi connectivity index (χ1n) is 6.14. The Hall–Kier alpha value is -1.58. The standard InChI is InChI=1S/C13H19N3O/c1-9-4-3-5-10(2)16(9)13(17)12-7-6-11(14)8-15-12/h6-10H,3-5,14H2,1-2H3/t9-,10+. The number of carbonyl (C=O) groups excluding carboxylic acids is 1. The highest BCUT2D eigenvalue weighted by Gasteiger charge is 2.30. The Morgan fingerprint density at radius 3 is 2.53 bits per heavy atom. The van der Waals surface area contributed by atoms with Gasteiger partial charge in [-0.25, -0.2) is 4.98 Å². The van der Waals surface area contributed by atoms with Gasteiger partial charge >= 0.3 is 0 Å². The third-order valence-corrected chi connectivity index (χ3v) is 3.43. The summed E-state index contributed by atoms with van der Waals surface area (Å²) in [5.74, 6) is 0.0182. The molecule has 0 spiro atoms. The van der Waals surface area contributed by atoms with Crippen molar-refractivity contribution in [1.82, 2.24) is 9.88 Å². The highest BCUT2D eigenvalue weighted by molar-refractivity contribution is 5.93. The molecule has 1 saturated heterocycles. The Bertz CT molecular complexity index is 392. The van der Waals surface area contributed by atoms with Gasteiger partial charge in [0, 0.05) is 12.1 Å². The van der Waals surface area contributed by atoms with E-state index >= 15 is 0 Å². The Morgan fingerprint density at radius 2 is 2.00 bits per heavy atom. The fraction of sp³-hybridized carbons (Fsp3) is 0.538. The van der Waals surface area contributed by atoms with Crippen molar-refractivity contribution in [2.24, 2.45) is 0 Å². The van der Waals surface area contributed by atoms with Gasteiger partial charge in [-0.05, 0) is 45.2 Å². The van der Waals surface area contributed by atoms with E-state index in [1.807, 2.05) is 4.90 Å². The molecule has 0 saturated carbocycles. The zero-order valence-corrected chi connectivity index (χ0v) is 10.4. The maximum absolute atomic E-state index is 12.4. The van der Waals surface area contributed by atoms with E-state index in [0.717, 1.165) is 12.8 Å². The highest BCUT2D eigenvalue weighted by atomic mass is 16.2. The van der Waals surface area contributed by atoms with Crippen molar-refractivity contribution < 1.29 is 4.79 Å². The van der Waals surface area contributed by atoms with Crippen LogP contribution in [0.2, 0.25) is 0 Å². The number of piperidine rings is 1. The minimum Gasteiger partial charge on any atom is -0.397 e. The molecule has 0 unspecified atom stereocenters. The number of amides is 1. The first-order chi connectivity index (χ1) is 8.09. The maximum atomic E-state index is 12.4. The van der Waals surface area contributed by atoms with Crippen molar-refractivity contribution in [3.8, 4) is 0 Å². The molecule has 2 atom stereocenters. The Balaban J connectivity index is 2.20. The predicted octanol–water partition coefficient (Wildman–Crippen LogP) is 2.07. The highest BCUT2D eigenvalue weighted by Crippen LogP contribution is 2.24. The zero-order chi connectivity index (χ0) is 12.4. The summed E-state index contributed by atoms with van der Waals surface area (Å²) in [4.78, 5) is 18.4. The van der Waals surface area contributed by atoms with E-state index in [1.165, 1.54) is 12.6 Å². The number of likely N-dealkylation sites (tertiary alicyclic amines) is 1. The smallest absolute Gasteiger partial charge is 0.272 e. The molecule has 1 aliphatic rings. The van der Waals surface area contributed by atoms with E-state index in [-0.39, 0.29) is 5.91 Å². The third kappa shape index (κ3) is 2.40. The lowest BCUT2D eigenvalue weighted by molar-refractivity contribution is 0.0504. The number of rotatable bonds is 1. The van der Waals surface area contributed by atoms with Crippen molar-refractivity contribution in [2.45, 2.75) is 45.2 Å². The van der Waals surface area contributed by atoms with Crippen LogP contribution < -0.4 is 5.73 Å². The second-order valence-corrected chi connectivity index (χ2v) is 4.82. The topological polar surface area (TPSA) is 59.2 Å². The summed E-state index contributed by atoms with van der Waals surface area (Å²) in [6.45, 7) is 4.20. The first kappa shape index (κ1) is 11.9. The fourth-order valence-electron chi connectivity index (χ4n) is 2.49. The molecule has 1 aromatic rings. The van der Waals surface area contributed by atoms with Gasteiger partial charge in [0.1, 0.15) is 5.69 Å². The summed E-state index contributed by atoms with van der Waals surface area (Å²) in [7, 11) is 0. The van der Waals surface area contributed by atoms with Crippen molar-refractivity contribution in [2.75, 3.05) is 5.73 Å². The molecular formula is C13H19N3O. The number of nitrogen functional groups attached to an aromatic ring is 1. The third-order valence-electron chi connectivity index (χ3n) is 3.43. The van der Waals surface area contributed by atoms with E-state index < -0.39 is 0 Å². The van der Waals surface area contributed by atoms with Crippen molar-refractivity contribution in [1.29, 1.82) is 0 Å². The van der Waals surface area contributed by atoms with Crippen LogP contribution in [0.3, 0.4) is 0 Å². The molecule has 1 amide bonds. The van der Waals surface area contributed by atoms with Gasteiger partial charge in [0.15, 0.2) is 0 Å². The summed E-state index contributed by atoms with van der Waals surface area (Å²) in [6.07, 6.45) is 4.88. The molecule has 2 N–H and O–H groups in total. The van der Waals surface area contributed by atoms with Gasteiger partial charge in [-0.15, -0.1) is 0 Å². The molecule has 0 radical (unpaired) electrons. The molecule has 1 fully saturated rings. The van der Waals surface area contributed by atoms with E-state index in [0.29, 0.717) is 23.5 Å². The van der Waals surface area contributed by atoms with Gasteiger partial charge in [-0.2, -0.15) is 0 Å². The van der Waals surface area contributed by atoms with Crippen LogP contribution in [0.4, 0.5) is 5.69 Å². The molecule has 1 aromatic heterocycles. The Labute approximate surface area is 102 Å². The zero-order valence-electron chi connectivity index (χ0n) is 10.4. The van der Waals surface area contributed by atoms with Crippen LogP contribution in [0.5, 0.6) is 0 Å². The lowest BCUT2D eigenvalue weighted by Gasteiger charge is -2.38. The molecule has 2 rings (SSSR count). The van der Waals surface area contributed by atoms with E-state index in [2.05, 4.69) is 18.8 Å². The fourth-order valence-corrected chi connectivity index (χ4v) is 2.49. The predicted molar refractivity (Wildman–Crippen MR) is 67.6 cm³/mol. The normalized spacial score (nSPS) is 24.7. The summed E-state index contributed by atoms with van der Waals surface area (Å²) in [5.41, 5.74) is 6.64. The Morgan fingerprint density at radius 1 is 1.35 bits per heavy atom. The number of carbonyl (C=O) groups is 1. The van der Waals surface area contributed by atoms with E-state index in [9.17, 15) is 4.79 Å². The van der Waals surface area contributed by atoms with Crippen LogP contribution >= 0.6 is 0 Å². The van der Waals surface area contributed by atoms with Crippen LogP contribution in [0.25, 0.3) is 0 Å². The summed E-state index contributed by atoms with van der Waals surface area (Å²) >= 11 is 0. The number of pyridine rings is 1. The molecule has 0 aromatic carbocycles. The molecule has 1 aliphatic heterocycles. The molecule has 0 aliphatic carbocycles. The van der Waals surface area contributed by atoms with Crippen LogP contribution in [0, 0.1) is 0 Å². The van der Waals surface area contributed by atoms with Gasteiger partial charge in [0.2, 0.25) is 0 Å². The molecule has 2 heterocycles. The number of hydrogen-bond acceptors (Lipinski definition) is 3. The van der Waals surface area contributed by atoms with Gasteiger partial charge in [-0.1, -0.05) is 0 Å². The second-order valence-electron chi connectivity index (χ2n) is 4.82. The van der Waals surface area contributed by atoms with Crippen molar-refractivity contribution >= 4 is 11.6 Å². The SMILES string of the molecule is C[C@@H]1CCC[C@H](C)N1C(=O)c1ccc(N)cn1. The number of nitrogens with two attached hydrogens (primary N) is 1. The van der Waals surface area contributed by atoms with Gasteiger partial charge in [-0.3, -0.25) is 4.79 Å². The minimum absolute atomic E-state index is 0.0182. The van der Waals surface area contributed by atoms with Gasteiger partial charge in [0.05, 0.1) is 11.9 Å². The molecule has 92 valence electrons. The Kier molecular flexibility index (Phi) is 3.31. The van der Waals surface area contributed by atoms with Gasteiger partial charge < -0.3 is 10.6 Å². The lowest BCUT2D eigenvalue weighted by Crippen LogP contribution is -2.47. The molecule has 17 heavy (non-hydrogen) atoms. The average Bonchev–Trinajstić information content (AvgIpc) is 2.29. The van der Waals surface area contributed by atoms with Crippen molar-refractivity contribution in [3.05, 3.63) is 24.0 Å². The summed E-state index contributed by atoms with van der Waals surface area (Å²) in [6, 6.07) is 4.02. The molecular weight excluding hydrogens is 214 g/mol. The number of aromatic nitrogens is 1. The maximum Gasteiger partial charge on any atom is 0.272 e. The van der Waals surface area contributed by atoms with Crippen molar-refractivity contribution in [3.63, 3.8) is 0 Å². The quantitative estimate of drug-likeness (QED) is 0.807. The molecule has 4 heteroatoms. The molecule has 4 nitrogen and oxygen atoms in total. The second kappa shape index (κ2) is 4.73. The van der Waals surface area contributed by atoms with Crippen LogP contribution in [-0.2, 0) is 0 Å². The number of anilines is 1. The molecule has 0 bridgehead atoms. The van der Waals surface area contributed by atoms with E-state index in [1.54, 1.807) is 12.1 Å². The first-order valence-corrected chi connectivity index (χ1v) is 6.14. The summed E-state index contributed by atoms with van der Waals surface area (Å²) in [5, 5.41) is 0.